The van der Waals surface area contributed by atoms with Crippen molar-refractivity contribution in [2.45, 2.75) is 19.3 Å². The van der Waals surface area contributed by atoms with E-state index in [-0.39, 0.29) is 10.9 Å². The van der Waals surface area contributed by atoms with Crippen molar-refractivity contribution in [2.24, 2.45) is 10.8 Å². The largest absolute Gasteiger partial charge is 0.375 e. The summed E-state index contributed by atoms with van der Waals surface area (Å²) in [5.74, 6) is -0.0255. The number of nitrogens with one attached hydrogen (secondary N) is 1. The standard InChI is InChI=1S/C12H13N3OS/c1-12(2)8-6-4-3-5-7(8)9(10(12)16)14-15-11(13)17/h3-6H,1-2H3,(H3,13,15,17)/b14-9+. The molecular formula is C12H13N3OS. The molecule has 2 rings (SSSR count). The number of hydrogen-bond donors (Lipinski definition) is 2. The maximum absolute atomic E-state index is 12.2. The minimum Gasteiger partial charge on any atom is -0.375 e. The van der Waals surface area contributed by atoms with Gasteiger partial charge >= 0.3 is 0 Å². The van der Waals surface area contributed by atoms with E-state index in [1.807, 2.05) is 38.1 Å². The Labute approximate surface area is 105 Å². The minimum absolute atomic E-state index is 0.0255. The van der Waals surface area contributed by atoms with Crippen LogP contribution in [0.15, 0.2) is 29.4 Å². The minimum atomic E-state index is -0.548. The number of benzene rings is 1. The van der Waals surface area contributed by atoms with Gasteiger partial charge in [-0.15, -0.1) is 0 Å². The van der Waals surface area contributed by atoms with Crippen molar-refractivity contribution in [3.8, 4) is 0 Å². The maximum Gasteiger partial charge on any atom is 0.193 e. The molecule has 0 aromatic heterocycles. The summed E-state index contributed by atoms with van der Waals surface area (Å²) in [6, 6.07) is 7.61. The van der Waals surface area contributed by atoms with Gasteiger partial charge in [-0.05, 0) is 31.6 Å². The first kappa shape index (κ1) is 11.7. The number of nitrogens with two attached hydrogens (primary N) is 1. The van der Waals surface area contributed by atoms with Crippen LogP contribution in [0, 0.1) is 0 Å². The van der Waals surface area contributed by atoms with Crippen molar-refractivity contribution >= 4 is 28.8 Å². The molecule has 0 radical (unpaired) electrons. The Kier molecular flexibility index (Phi) is 2.71. The first-order valence-electron chi connectivity index (χ1n) is 5.22. The summed E-state index contributed by atoms with van der Waals surface area (Å²) >= 11 is 4.67. The summed E-state index contributed by atoms with van der Waals surface area (Å²) in [6.07, 6.45) is 0. The fourth-order valence-corrected chi connectivity index (χ4v) is 2.04. The molecule has 1 aliphatic carbocycles. The van der Waals surface area contributed by atoms with Crippen LogP contribution in [-0.2, 0) is 10.2 Å². The van der Waals surface area contributed by atoms with Crippen LogP contribution in [0.25, 0.3) is 0 Å². The van der Waals surface area contributed by atoms with E-state index in [9.17, 15) is 4.79 Å². The van der Waals surface area contributed by atoms with E-state index in [4.69, 9.17) is 5.73 Å². The molecule has 4 nitrogen and oxygen atoms in total. The number of Topliss-reactive ketones (excluding diaryl/α,β-unsaturated/α-hetero) is 1. The topological polar surface area (TPSA) is 67.5 Å². The third-order valence-corrected chi connectivity index (χ3v) is 3.01. The monoisotopic (exact) mass is 247 g/mol. The molecule has 1 aromatic carbocycles. The number of rotatable bonds is 1. The fourth-order valence-electron chi connectivity index (χ4n) is 2.00. The molecule has 88 valence electrons. The smallest absolute Gasteiger partial charge is 0.193 e. The number of hydrogen-bond acceptors (Lipinski definition) is 3. The Morgan fingerprint density at radius 1 is 1.41 bits per heavy atom. The molecule has 0 bridgehead atoms. The van der Waals surface area contributed by atoms with Crippen LogP contribution in [0.1, 0.15) is 25.0 Å². The highest BCUT2D eigenvalue weighted by atomic mass is 32.1. The lowest BCUT2D eigenvalue weighted by molar-refractivity contribution is -0.116. The van der Waals surface area contributed by atoms with Crippen molar-refractivity contribution in [1.29, 1.82) is 0 Å². The molecule has 3 N–H and O–H groups in total. The molecule has 0 fully saturated rings. The zero-order valence-electron chi connectivity index (χ0n) is 9.65. The van der Waals surface area contributed by atoms with Crippen molar-refractivity contribution in [1.82, 2.24) is 5.43 Å². The highest BCUT2D eigenvalue weighted by molar-refractivity contribution is 7.80. The molecule has 1 aromatic rings. The first-order chi connectivity index (χ1) is 7.94. The lowest BCUT2D eigenvalue weighted by atomic mass is 9.86. The first-order valence-corrected chi connectivity index (χ1v) is 5.63. The third kappa shape index (κ3) is 1.82. The average molecular weight is 247 g/mol. The van der Waals surface area contributed by atoms with Crippen molar-refractivity contribution < 1.29 is 4.79 Å². The van der Waals surface area contributed by atoms with Gasteiger partial charge in [0.2, 0.25) is 0 Å². The Morgan fingerprint density at radius 3 is 2.71 bits per heavy atom. The summed E-state index contributed by atoms with van der Waals surface area (Å²) < 4.78 is 0. The van der Waals surface area contributed by atoms with Crippen LogP contribution in [0.5, 0.6) is 0 Å². The third-order valence-electron chi connectivity index (χ3n) is 2.92. The second-order valence-electron chi connectivity index (χ2n) is 4.44. The van der Waals surface area contributed by atoms with Crippen molar-refractivity contribution in [3.05, 3.63) is 35.4 Å². The van der Waals surface area contributed by atoms with Gasteiger partial charge in [-0.25, -0.2) is 0 Å². The summed E-state index contributed by atoms with van der Waals surface area (Å²) in [5, 5.41) is 4.04. The Bertz CT molecular complexity index is 534. The number of ketones is 1. The number of carbonyl (C=O) groups excluding carboxylic acids is 1. The van der Waals surface area contributed by atoms with E-state index in [1.54, 1.807) is 0 Å². The molecule has 0 atom stereocenters. The van der Waals surface area contributed by atoms with Gasteiger partial charge in [-0.3, -0.25) is 10.2 Å². The SMILES string of the molecule is CC1(C)C(=O)/C(=N/NC(N)=S)c2ccccc21. The highest BCUT2D eigenvalue weighted by Crippen LogP contribution is 2.35. The predicted octanol–water partition coefficient (Wildman–Crippen LogP) is 1.08. The zero-order valence-corrected chi connectivity index (χ0v) is 10.5. The molecule has 0 saturated heterocycles. The van der Waals surface area contributed by atoms with E-state index >= 15 is 0 Å². The van der Waals surface area contributed by atoms with Gasteiger partial charge in [0, 0.05) is 5.56 Å². The maximum atomic E-state index is 12.2. The second kappa shape index (κ2) is 3.92. The van der Waals surface area contributed by atoms with E-state index in [0.717, 1.165) is 11.1 Å². The summed E-state index contributed by atoms with van der Waals surface area (Å²) in [6.45, 7) is 3.77. The van der Waals surface area contributed by atoms with Gasteiger partial charge < -0.3 is 5.73 Å². The van der Waals surface area contributed by atoms with Gasteiger partial charge in [0.15, 0.2) is 10.9 Å². The van der Waals surface area contributed by atoms with Gasteiger partial charge in [-0.2, -0.15) is 5.10 Å². The van der Waals surface area contributed by atoms with E-state index in [1.165, 1.54) is 0 Å². The highest BCUT2D eigenvalue weighted by Gasteiger charge is 2.42. The summed E-state index contributed by atoms with van der Waals surface area (Å²) in [4.78, 5) is 12.2. The van der Waals surface area contributed by atoms with Crippen LogP contribution in [0.4, 0.5) is 0 Å². The lowest BCUT2D eigenvalue weighted by Crippen LogP contribution is -2.30. The van der Waals surface area contributed by atoms with Crippen LogP contribution >= 0.6 is 12.2 Å². The van der Waals surface area contributed by atoms with Crippen molar-refractivity contribution in [3.63, 3.8) is 0 Å². The molecular weight excluding hydrogens is 234 g/mol. The molecule has 0 spiro atoms. The molecule has 0 saturated carbocycles. The van der Waals surface area contributed by atoms with Crippen molar-refractivity contribution in [2.75, 3.05) is 0 Å². The Balaban J connectivity index is 2.54. The second-order valence-corrected chi connectivity index (χ2v) is 4.88. The predicted molar refractivity (Wildman–Crippen MR) is 70.9 cm³/mol. The van der Waals surface area contributed by atoms with Crippen LogP contribution in [-0.4, -0.2) is 16.6 Å². The molecule has 1 aliphatic rings. The Morgan fingerprint density at radius 2 is 2.06 bits per heavy atom. The lowest BCUT2D eigenvalue weighted by Gasteiger charge is -2.15. The molecule has 0 heterocycles. The quantitative estimate of drug-likeness (QED) is 0.575. The molecule has 0 amide bonds. The fraction of sp³-hybridized carbons (Fsp3) is 0.250. The number of fused-ring (bicyclic) bond motifs is 1. The van der Waals surface area contributed by atoms with E-state index in [2.05, 4.69) is 22.7 Å². The average Bonchev–Trinajstić information content (AvgIpc) is 2.47. The molecule has 17 heavy (non-hydrogen) atoms. The van der Waals surface area contributed by atoms with Gasteiger partial charge in [0.25, 0.3) is 0 Å². The number of thiocarbonyl (C=S) groups is 1. The molecule has 0 unspecified atom stereocenters. The summed E-state index contributed by atoms with van der Waals surface area (Å²) in [5.41, 5.74) is 9.44. The van der Waals surface area contributed by atoms with Gasteiger partial charge in [0.1, 0.15) is 5.71 Å². The van der Waals surface area contributed by atoms with E-state index in [0.29, 0.717) is 5.71 Å². The molecule has 0 aliphatic heterocycles. The van der Waals surface area contributed by atoms with E-state index < -0.39 is 5.41 Å². The van der Waals surface area contributed by atoms with Gasteiger partial charge in [0.05, 0.1) is 5.41 Å². The number of hydrazone groups is 1. The zero-order chi connectivity index (χ0) is 12.6. The Hall–Kier alpha value is -1.75. The van der Waals surface area contributed by atoms with Crippen LogP contribution < -0.4 is 11.2 Å². The number of carbonyl (C=O) groups is 1. The normalized spacial score (nSPS) is 19.2. The summed E-state index contributed by atoms with van der Waals surface area (Å²) in [7, 11) is 0. The molecule has 5 heteroatoms. The van der Waals surface area contributed by atoms with Gasteiger partial charge in [-0.1, -0.05) is 24.3 Å². The van der Waals surface area contributed by atoms with Crippen LogP contribution in [0.3, 0.4) is 0 Å². The number of nitrogens with zero attached hydrogens (tertiary/aromatic N) is 1. The van der Waals surface area contributed by atoms with Crippen LogP contribution in [0.2, 0.25) is 0 Å².